The van der Waals surface area contributed by atoms with Crippen LogP contribution in [0, 0.1) is 24.0 Å². The Kier molecular flexibility index (Phi) is 6.51. The number of sulfonamides is 1. The normalized spacial score (nSPS) is 14.5. The van der Waals surface area contributed by atoms with Crippen LogP contribution in [0.3, 0.4) is 0 Å². The van der Waals surface area contributed by atoms with E-state index in [0.29, 0.717) is 13.1 Å². The minimum Gasteiger partial charge on any atom is -0.456 e. The molecule has 1 aromatic heterocycles. The molecule has 0 saturated carbocycles. The first-order valence-electron chi connectivity index (χ1n) is 9.58. The van der Waals surface area contributed by atoms with E-state index in [4.69, 9.17) is 4.74 Å². The number of carbonyl (C=O) groups is 2. The van der Waals surface area contributed by atoms with Crippen molar-refractivity contribution >= 4 is 27.5 Å². The molecule has 0 radical (unpaired) electrons. The average molecular weight is 450 g/mol. The lowest BCUT2D eigenvalue weighted by Gasteiger charge is -2.15. The number of ether oxygens (including phenoxy) is 1. The molecule has 0 N–H and O–H groups in total. The second-order valence-corrected chi connectivity index (χ2v) is 9.09. The first-order valence-corrected chi connectivity index (χ1v) is 11.0. The fourth-order valence-electron chi connectivity index (χ4n) is 3.39. The molecule has 1 aliphatic heterocycles. The van der Waals surface area contributed by atoms with Crippen LogP contribution in [0.4, 0.5) is 5.69 Å². The molecule has 0 amide bonds. The molecular weight excluding hydrogens is 428 g/mol. The fraction of sp³-hybridized carbons (Fsp3) is 0.421. The predicted octanol–water partition coefficient (Wildman–Crippen LogP) is 1.62. The van der Waals surface area contributed by atoms with Crippen LogP contribution < -0.4 is 0 Å². The molecule has 1 aromatic carbocycles. The first-order chi connectivity index (χ1) is 14.6. The zero-order valence-electron chi connectivity index (χ0n) is 17.1. The summed E-state index contributed by atoms with van der Waals surface area (Å²) < 4.78 is 32.6. The molecule has 3 rings (SSSR count). The van der Waals surface area contributed by atoms with Crippen molar-refractivity contribution in [3.05, 3.63) is 51.3 Å². The summed E-state index contributed by atoms with van der Waals surface area (Å²) >= 11 is 0. The molecule has 0 unspecified atom stereocenters. The number of ketones is 1. The smallest absolute Gasteiger partial charge is 0.328 e. The second-order valence-electron chi connectivity index (χ2n) is 7.15. The third kappa shape index (κ3) is 4.80. The summed E-state index contributed by atoms with van der Waals surface area (Å²) in [4.78, 5) is 34.9. The highest BCUT2D eigenvalue weighted by Crippen LogP contribution is 2.22. The summed E-state index contributed by atoms with van der Waals surface area (Å²) in [6.45, 7) is 2.98. The van der Waals surface area contributed by atoms with E-state index in [9.17, 15) is 28.1 Å². The lowest BCUT2D eigenvalue weighted by atomic mass is 10.1. The summed E-state index contributed by atoms with van der Waals surface area (Å²) in [5.41, 5.74) is 0.415. The molecule has 31 heavy (non-hydrogen) atoms. The maximum absolute atomic E-state index is 12.5. The van der Waals surface area contributed by atoms with Crippen LogP contribution in [0.15, 0.2) is 29.2 Å². The largest absolute Gasteiger partial charge is 0.456 e. The SMILES string of the molecule is Cc1nn(CC(=O)OCC(=O)c2ccc(S(=O)(=O)N3CCCC3)cc2)c(C)c1[N+](=O)[O-]. The monoisotopic (exact) mass is 450 g/mol. The summed E-state index contributed by atoms with van der Waals surface area (Å²) in [7, 11) is -3.57. The van der Waals surface area contributed by atoms with E-state index < -0.39 is 33.3 Å². The topological polar surface area (TPSA) is 142 Å². The number of benzene rings is 1. The van der Waals surface area contributed by atoms with Gasteiger partial charge in [0.15, 0.2) is 12.4 Å². The molecule has 1 fully saturated rings. The van der Waals surface area contributed by atoms with Gasteiger partial charge in [-0.05, 0) is 51.0 Å². The van der Waals surface area contributed by atoms with Gasteiger partial charge in [0.25, 0.3) is 0 Å². The molecule has 11 nitrogen and oxygen atoms in total. The van der Waals surface area contributed by atoms with Gasteiger partial charge in [-0.15, -0.1) is 0 Å². The van der Waals surface area contributed by atoms with Gasteiger partial charge >= 0.3 is 11.7 Å². The highest BCUT2D eigenvalue weighted by molar-refractivity contribution is 7.89. The van der Waals surface area contributed by atoms with Crippen molar-refractivity contribution in [2.45, 2.75) is 38.1 Å². The molecule has 0 atom stereocenters. The average Bonchev–Trinajstić information content (AvgIpc) is 3.35. The molecule has 2 heterocycles. The van der Waals surface area contributed by atoms with Gasteiger partial charge < -0.3 is 4.74 Å². The first kappa shape index (κ1) is 22.6. The van der Waals surface area contributed by atoms with Gasteiger partial charge in [-0.25, -0.2) is 8.42 Å². The van der Waals surface area contributed by atoms with Crippen molar-refractivity contribution in [3.8, 4) is 0 Å². The van der Waals surface area contributed by atoms with Gasteiger partial charge in [-0.1, -0.05) is 0 Å². The molecule has 0 bridgehead atoms. The number of hydrogen-bond acceptors (Lipinski definition) is 8. The zero-order chi connectivity index (χ0) is 22.8. The quantitative estimate of drug-likeness (QED) is 0.256. The molecule has 0 aliphatic carbocycles. The second kappa shape index (κ2) is 8.94. The van der Waals surface area contributed by atoms with E-state index in [1.165, 1.54) is 42.4 Å². The Morgan fingerprint density at radius 2 is 1.77 bits per heavy atom. The Bertz CT molecular complexity index is 1120. The van der Waals surface area contributed by atoms with Gasteiger partial charge in [0.2, 0.25) is 10.0 Å². The summed E-state index contributed by atoms with van der Waals surface area (Å²) in [6, 6.07) is 5.47. The van der Waals surface area contributed by atoms with Gasteiger partial charge in [-0.3, -0.25) is 24.4 Å². The lowest BCUT2D eigenvalue weighted by molar-refractivity contribution is -0.386. The van der Waals surface area contributed by atoms with Crippen LogP contribution in [-0.4, -0.2) is 58.9 Å². The van der Waals surface area contributed by atoms with Crippen molar-refractivity contribution in [1.29, 1.82) is 0 Å². The maximum atomic E-state index is 12.5. The highest BCUT2D eigenvalue weighted by atomic mass is 32.2. The van der Waals surface area contributed by atoms with Gasteiger partial charge in [0.05, 0.1) is 9.82 Å². The van der Waals surface area contributed by atoms with Crippen LogP contribution in [0.1, 0.15) is 34.6 Å². The number of carbonyl (C=O) groups excluding carboxylic acids is 2. The number of nitrogens with zero attached hydrogens (tertiary/aromatic N) is 4. The lowest BCUT2D eigenvalue weighted by Crippen LogP contribution is -2.27. The van der Waals surface area contributed by atoms with Crippen LogP contribution in [-0.2, 0) is 26.1 Å². The third-order valence-corrected chi connectivity index (χ3v) is 6.96. The van der Waals surface area contributed by atoms with E-state index in [2.05, 4.69) is 5.10 Å². The standard InChI is InChI=1S/C19H22N4O7S/c1-13-19(23(26)27)14(2)22(20-13)11-18(25)30-12-17(24)15-5-7-16(8-6-15)31(28,29)21-9-3-4-10-21/h5-8H,3-4,9-12H2,1-2H3. The summed E-state index contributed by atoms with van der Waals surface area (Å²) in [5.74, 6) is -1.28. The van der Waals surface area contributed by atoms with E-state index in [1.807, 2.05) is 0 Å². The summed E-state index contributed by atoms with van der Waals surface area (Å²) in [6.07, 6.45) is 1.65. The van der Waals surface area contributed by atoms with Gasteiger partial charge in [0, 0.05) is 18.7 Å². The zero-order valence-corrected chi connectivity index (χ0v) is 17.9. The maximum Gasteiger partial charge on any atom is 0.328 e. The Morgan fingerprint density at radius 3 is 2.32 bits per heavy atom. The van der Waals surface area contributed by atoms with E-state index in [-0.39, 0.29) is 34.1 Å². The van der Waals surface area contributed by atoms with Crippen molar-refractivity contribution in [3.63, 3.8) is 0 Å². The number of rotatable bonds is 8. The van der Waals surface area contributed by atoms with Gasteiger partial charge in [0.1, 0.15) is 17.9 Å². The molecule has 166 valence electrons. The van der Waals surface area contributed by atoms with E-state index in [1.54, 1.807) is 0 Å². The number of aryl methyl sites for hydroxylation is 1. The van der Waals surface area contributed by atoms with Crippen molar-refractivity contribution in [1.82, 2.24) is 14.1 Å². The molecular formula is C19H22N4O7S. The Balaban J connectivity index is 1.59. The summed E-state index contributed by atoms with van der Waals surface area (Å²) in [5, 5.41) is 15.0. The minimum atomic E-state index is -3.57. The molecule has 0 spiro atoms. The number of aromatic nitrogens is 2. The van der Waals surface area contributed by atoms with Crippen LogP contribution in [0.2, 0.25) is 0 Å². The Morgan fingerprint density at radius 1 is 1.16 bits per heavy atom. The van der Waals surface area contributed by atoms with E-state index >= 15 is 0 Å². The number of Topliss-reactive ketones (excluding diaryl/α,β-unsaturated/α-hetero) is 1. The molecule has 1 saturated heterocycles. The molecule has 12 heteroatoms. The van der Waals surface area contributed by atoms with Gasteiger partial charge in [-0.2, -0.15) is 9.40 Å². The van der Waals surface area contributed by atoms with Crippen molar-refractivity contribution in [2.75, 3.05) is 19.7 Å². The molecule has 2 aromatic rings. The van der Waals surface area contributed by atoms with Crippen LogP contribution in [0.5, 0.6) is 0 Å². The molecule has 1 aliphatic rings. The Labute approximate surface area is 178 Å². The fourth-order valence-corrected chi connectivity index (χ4v) is 4.91. The number of nitro groups is 1. The van der Waals surface area contributed by atoms with Crippen LogP contribution in [0.25, 0.3) is 0 Å². The Hall–Kier alpha value is -3.12. The minimum absolute atomic E-state index is 0.106. The van der Waals surface area contributed by atoms with Crippen molar-refractivity contribution in [2.24, 2.45) is 0 Å². The van der Waals surface area contributed by atoms with E-state index in [0.717, 1.165) is 17.5 Å². The third-order valence-electron chi connectivity index (χ3n) is 5.05. The van der Waals surface area contributed by atoms with Crippen LogP contribution >= 0.6 is 0 Å². The number of hydrogen-bond donors (Lipinski definition) is 0. The predicted molar refractivity (Wildman–Crippen MR) is 108 cm³/mol. The van der Waals surface area contributed by atoms with Crippen molar-refractivity contribution < 1.29 is 27.7 Å². The highest BCUT2D eigenvalue weighted by Gasteiger charge is 2.27. The number of esters is 1.